The predicted octanol–water partition coefficient (Wildman–Crippen LogP) is 7.44. The fourth-order valence-corrected chi connectivity index (χ4v) is 6.18. The van der Waals surface area contributed by atoms with Crippen LogP contribution in [0.3, 0.4) is 0 Å². The minimum absolute atomic E-state index is 0.193. The molecule has 1 heterocycles. The van der Waals surface area contributed by atoms with Gasteiger partial charge in [-0.2, -0.15) is 0 Å². The Kier molecular flexibility index (Phi) is 12.9. The Morgan fingerprint density at radius 3 is 2.43 bits per heavy atom. The maximum Gasteiger partial charge on any atom is 0.323 e. The second-order valence-electron chi connectivity index (χ2n) is 13.3. The molecule has 51 heavy (non-hydrogen) atoms. The van der Waals surface area contributed by atoms with Crippen LogP contribution in [0, 0.1) is 5.92 Å². The SMILES string of the molecule is C[C@@H]1CCCCO[C@@H](CN(C)C(=O)Nc2cccc3ccccc23)[C@H](C)CN([C@@H](C)CO)C(=O)c2cc(NC(=O)Nc3ccccc3)ccc2O1. The molecule has 5 amide bonds. The van der Waals surface area contributed by atoms with E-state index in [-0.39, 0.29) is 49.2 Å². The summed E-state index contributed by atoms with van der Waals surface area (Å²) >= 11 is 0. The van der Waals surface area contributed by atoms with Gasteiger partial charge in [-0.3, -0.25) is 4.79 Å². The largest absolute Gasteiger partial charge is 0.490 e. The molecule has 0 aliphatic carbocycles. The van der Waals surface area contributed by atoms with Gasteiger partial charge in [-0.25, -0.2) is 9.59 Å². The summed E-state index contributed by atoms with van der Waals surface area (Å²) in [6.07, 6.45) is 1.78. The summed E-state index contributed by atoms with van der Waals surface area (Å²) in [4.78, 5) is 43.9. The number of hydrogen-bond donors (Lipinski definition) is 4. The molecule has 4 N–H and O–H groups in total. The van der Waals surface area contributed by atoms with Crippen molar-refractivity contribution in [1.29, 1.82) is 0 Å². The second kappa shape index (κ2) is 17.7. The Bertz CT molecular complexity index is 1780. The Morgan fingerprint density at radius 2 is 1.65 bits per heavy atom. The number of carbonyl (C=O) groups excluding carboxylic acids is 3. The highest BCUT2D eigenvalue weighted by atomic mass is 16.5. The number of ether oxygens (including phenoxy) is 2. The van der Waals surface area contributed by atoms with Crippen LogP contribution in [0.4, 0.5) is 26.7 Å². The molecule has 0 saturated heterocycles. The van der Waals surface area contributed by atoms with Crippen LogP contribution < -0.4 is 20.7 Å². The van der Waals surface area contributed by atoms with Gasteiger partial charge in [0.1, 0.15) is 5.75 Å². The monoisotopic (exact) mass is 695 g/mol. The van der Waals surface area contributed by atoms with Gasteiger partial charge in [-0.05, 0) is 74.9 Å². The number of carbonyl (C=O) groups is 3. The van der Waals surface area contributed by atoms with Crippen molar-refractivity contribution in [3.63, 3.8) is 0 Å². The molecule has 5 rings (SSSR count). The lowest BCUT2D eigenvalue weighted by molar-refractivity contribution is -0.0115. The van der Waals surface area contributed by atoms with Gasteiger partial charge in [0.25, 0.3) is 5.91 Å². The van der Waals surface area contributed by atoms with E-state index < -0.39 is 18.2 Å². The molecule has 4 aromatic rings. The minimum atomic E-state index is -0.538. The lowest BCUT2D eigenvalue weighted by Gasteiger charge is -2.35. The summed E-state index contributed by atoms with van der Waals surface area (Å²) in [6.45, 7) is 6.48. The van der Waals surface area contributed by atoms with Crippen LogP contribution in [0.1, 0.15) is 50.4 Å². The third-order valence-electron chi connectivity index (χ3n) is 9.17. The van der Waals surface area contributed by atoms with E-state index in [1.54, 1.807) is 54.1 Å². The van der Waals surface area contributed by atoms with Gasteiger partial charge in [-0.15, -0.1) is 0 Å². The minimum Gasteiger partial charge on any atom is -0.490 e. The first-order valence-electron chi connectivity index (χ1n) is 17.6. The maximum absolute atomic E-state index is 14.4. The van der Waals surface area contributed by atoms with Crippen LogP contribution in [0.25, 0.3) is 10.8 Å². The topological polar surface area (TPSA) is 132 Å². The molecule has 11 nitrogen and oxygen atoms in total. The number of benzene rings is 4. The molecular formula is C40H49N5O6. The molecule has 1 aliphatic rings. The van der Waals surface area contributed by atoms with Crippen molar-refractivity contribution in [2.45, 2.75) is 58.3 Å². The van der Waals surface area contributed by atoms with Crippen molar-refractivity contribution in [2.75, 3.05) is 49.3 Å². The van der Waals surface area contributed by atoms with Gasteiger partial charge >= 0.3 is 12.1 Å². The Balaban J connectivity index is 1.37. The Hall–Kier alpha value is -5.13. The molecule has 0 unspecified atom stereocenters. The number of anilines is 3. The molecule has 0 fully saturated rings. The summed E-state index contributed by atoms with van der Waals surface area (Å²) in [5.74, 6) is -0.172. The first-order chi connectivity index (χ1) is 24.6. The van der Waals surface area contributed by atoms with E-state index in [1.807, 2.05) is 74.5 Å². The molecule has 11 heteroatoms. The van der Waals surface area contributed by atoms with Gasteiger partial charge in [0.05, 0.1) is 36.1 Å². The number of fused-ring (bicyclic) bond motifs is 2. The lowest BCUT2D eigenvalue weighted by Crippen LogP contribution is -2.48. The summed E-state index contributed by atoms with van der Waals surface area (Å²) < 4.78 is 12.7. The molecule has 0 spiro atoms. The number of nitrogens with zero attached hydrogens (tertiary/aromatic N) is 2. The summed E-state index contributed by atoms with van der Waals surface area (Å²) in [7, 11) is 1.74. The molecule has 0 saturated carbocycles. The van der Waals surface area contributed by atoms with E-state index >= 15 is 0 Å². The average Bonchev–Trinajstić information content (AvgIpc) is 3.13. The summed E-state index contributed by atoms with van der Waals surface area (Å²) in [5.41, 5.74) is 2.04. The van der Waals surface area contributed by atoms with Crippen molar-refractivity contribution in [2.24, 2.45) is 5.92 Å². The summed E-state index contributed by atoms with van der Waals surface area (Å²) in [6, 6.07) is 26.5. The molecule has 1 aliphatic heterocycles. The molecule has 0 aromatic heterocycles. The number of nitrogens with one attached hydrogen (secondary N) is 3. The second-order valence-corrected chi connectivity index (χ2v) is 13.3. The molecule has 0 radical (unpaired) electrons. The van der Waals surface area contributed by atoms with Gasteiger partial charge in [0.2, 0.25) is 0 Å². The highest BCUT2D eigenvalue weighted by Crippen LogP contribution is 2.29. The number of amides is 5. The standard InChI is InChI=1S/C40H49N5O6/c1-27-24-45(28(2)26-46)38(47)34-23-32(42-39(48)41-31-16-6-5-7-17-31)20-21-36(34)51-29(3)13-10-11-22-50-37(27)25-44(4)40(49)43-35-19-12-15-30-14-8-9-18-33(30)35/h5-9,12,14-21,23,27-29,37,46H,10-11,13,22,24-26H2,1-4H3,(H,43,49)(H2,41,42,48)/t27-,28+,29-,37+/m1/s1. The molecule has 4 aromatic carbocycles. The zero-order chi connectivity index (χ0) is 36.3. The molecule has 270 valence electrons. The van der Waals surface area contributed by atoms with Crippen molar-refractivity contribution in [3.8, 4) is 5.75 Å². The Labute approximate surface area is 299 Å². The van der Waals surface area contributed by atoms with E-state index in [1.165, 1.54) is 0 Å². The first-order valence-corrected chi connectivity index (χ1v) is 17.6. The van der Waals surface area contributed by atoms with Crippen molar-refractivity contribution < 1.29 is 29.0 Å². The van der Waals surface area contributed by atoms with Gasteiger partial charge in [0, 0.05) is 49.4 Å². The van der Waals surface area contributed by atoms with E-state index in [2.05, 4.69) is 16.0 Å². The van der Waals surface area contributed by atoms with E-state index in [0.29, 0.717) is 23.7 Å². The van der Waals surface area contributed by atoms with E-state index in [9.17, 15) is 19.5 Å². The number of aliphatic hydroxyl groups excluding tert-OH is 1. The van der Waals surface area contributed by atoms with E-state index in [0.717, 1.165) is 35.7 Å². The van der Waals surface area contributed by atoms with Crippen molar-refractivity contribution in [1.82, 2.24) is 9.80 Å². The zero-order valence-corrected chi connectivity index (χ0v) is 29.8. The fraction of sp³-hybridized carbons (Fsp3) is 0.375. The summed E-state index contributed by atoms with van der Waals surface area (Å²) in [5, 5.41) is 20.9. The van der Waals surface area contributed by atoms with Crippen LogP contribution in [0.2, 0.25) is 0 Å². The van der Waals surface area contributed by atoms with Gasteiger partial charge in [0.15, 0.2) is 0 Å². The third-order valence-corrected chi connectivity index (χ3v) is 9.17. The third kappa shape index (κ3) is 9.99. The first kappa shape index (κ1) is 37.1. The van der Waals surface area contributed by atoms with Crippen LogP contribution in [0.5, 0.6) is 5.75 Å². The van der Waals surface area contributed by atoms with Gasteiger partial charge < -0.3 is 40.3 Å². The van der Waals surface area contributed by atoms with Crippen LogP contribution in [0.15, 0.2) is 91.0 Å². The van der Waals surface area contributed by atoms with Gasteiger partial charge in [-0.1, -0.05) is 61.5 Å². The quantitative estimate of drug-likeness (QED) is 0.159. The maximum atomic E-state index is 14.4. The highest BCUT2D eigenvalue weighted by molar-refractivity contribution is 6.03. The molecular weight excluding hydrogens is 646 g/mol. The van der Waals surface area contributed by atoms with Crippen LogP contribution >= 0.6 is 0 Å². The number of hydrogen-bond acceptors (Lipinski definition) is 6. The molecule has 4 atom stereocenters. The highest BCUT2D eigenvalue weighted by Gasteiger charge is 2.31. The number of likely N-dealkylation sites (N-methyl/N-ethyl adjacent to an activating group) is 1. The molecule has 0 bridgehead atoms. The fourth-order valence-electron chi connectivity index (χ4n) is 6.18. The number of aliphatic hydroxyl groups is 1. The van der Waals surface area contributed by atoms with E-state index in [4.69, 9.17) is 9.47 Å². The smallest absolute Gasteiger partial charge is 0.323 e. The zero-order valence-electron chi connectivity index (χ0n) is 29.8. The van der Waals surface area contributed by atoms with Crippen molar-refractivity contribution >= 4 is 45.8 Å². The normalized spacial score (nSPS) is 19.2. The lowest BCUT2D eigenvalue weighted by atomic mass is 10.0. The number of urea groups is 2. The number of para-hydroxylation sites is 1. The van der Waals surface area contributed by atoms with Crippen molar-refractivity contribution in [3.05, 3.63) is 96.6 Å². The van der Waals surface area contributed by atoms with Crippen LogP contribution in [-0.2, 0) is 4.74 Å². The number of rotatable bonds is 7. The average molecular weight is 696 g/mol. The Morgan fingerprint density at radius 1 is 0.922 bits per heavy atom. The van der Waals surface area contributed by atoms with Crippen LogP contribution in [-0.4, -0.2) is 84.5 Å². The predicted molar refractivity (Wildman–Crippen MR) is 202 cm³/mol.